The van der Waals surface area contributed by atoms with Gasteiger partial charge in [-0.3, -0.25) is 10.2 Å². The Morgan fingerprint density at radius 3 is 2.91 bits per heavy atom. The highest BCUT2D eigenvalue weighted by Crippen LogP contribution is 2.27. The van der Waals surface area contributed by atoms with E-state index in [1.807, 2.05) is 23.3 Å². The maximum atomic E-state index is 12.3. The van der Waals surface area contributed by atoms with Gasteiger partial charge in [0.2, 0.25) is 0 Å². The molecule has 0 atom stereocenters. The molecule has 2 aromatic rings. The molecule has 6 nitrogen and oxygen atoms in total. The summed E-state index contributed by atoms with van der Waals surface area (Å²) in [4.78, 5) is 12.3. The van der Waals surface area contributed by atoms with E-state index in [2.05, 4.69) is 16.6 Å². The van der Waals surface area contributed by atoms with Crippen molar-refractivity contribution in [1.82, 2.24) is 20.2 Å². The molecule has 1 N–H and O–H groups in total. The molecular weight excluding hydrogens is 292 g/mol. The lowest BCUT2D eigenvalue weighted by Crippen LogP contribution is -2.45. The minimum atomic E-state index is -0.143. The monoisotopic (exact) mass is 312 g/mol. The standard InChI is InChI=1S/C17H20N4O2/c22-17(19-20-8-2-1-3-9-20)15-6-10-21(18-15)14-4-5-16-13(12-14)7-11-23-16/h4-6,10,12H,1-3,7-9,11H2,(H,19,22). The van der Waals surface area contributed by atoms with Gasteiger partial charge >= 0.3 is 0 Å². The highest BCUT2D eigenvalue weighted by Gasteiger charge is 2.17. The average Bonchev–Trinajstić information content (AvgIpc) is 3.24. The minimum Gasteiger partial charge on any atom is -0.493 e. The molecule has 1 aromatic carbocycles. The number of hydrogen-bond donors (Lipinski definition) is 1. The van der Waals surface area contributed by atoms with Crippen molar-refractivity contribution >= 4 is 5.91 Å². The Labute approximate surface area is 135 Å². The van der Waals surface area contributed by atoms with Crippen LogP contribution in [0, 0.1) is 0 Å². The first-order valence-electron chi connectivity index (χ1n) is 8.17. The summed E-state index contributed by atoms with van der Waals surface area (Å²) in [6.45, 7) is 2.57. The second-order valence-electron chi connectivity index (χ2n) is 6.02. The maximum Gasteiger partial charge on any atom is 0.286 e. The van der Waals surface area contributed by atoms with Crippen LogP contribution in [-0.2, 0) is 6.42 Å². The van der Waals surface area contributed by atoms with Crippen molar-refractivity contribution in [2.45, 2.75) is 25.7 Å². The van der Waals surface area contributed by atoms with E-state index in [1.54, 1.807) is 10.7 Å². The molecule has 4 rings (SSSR count). The second-order valence-corrected chi connectivity index (χ2v) is 6.02. The van der Waals surface area contributed by atoms with E-state index in [4.69, 9.17) is 4.74 Å². The highest BCUT2D eigenvalue weighted by atomic mass is 16.5. The molecule has 0 spiro atoms. The van der Waals surface area contributed by atoms with Crippen molar-refractivity contribution in [2.75, 3.05) is 19.7 Å². The van der Waals surface area contributed by atoms with Gasteiger partial charge in [0.05, 0.1) is 12.3 Å². The fourth-order valence-electron chi connectivity index (χ4n) is 3.11. The second kappa shape index (κ2) is 6.04. The van der Waals surface area contributed by atoms with Crippen molar-refractivity contribution in [3.63, 3.8) is 0 Å². The Morgan fingerprint density at radius 2 is 2.04 bits per heavy atom. The van der Waals surface area contributed by atoms with Crippen molar-refractivity contribution < 1.29 is 9.53 Å². The lowest BCUT2D eigenvalue weighted by atomic mass is 10.1. The summed E-state index contributed by atoms with van der Waals surface area (Å²) in [5.41, 5.74) is 5.52. The SMILES string of the molecule is O=C(NN1CCCCC1)c1ccn(-c2ccc3c(c2)CCO3)n1. The number of fused-ring (bicyclic) bond motifs is 1. The zero-order valence-corrected chi connectivity index (χ0v) is 13.0. The van der Waals surface area contributed by atoms with Gasteiger partial charge in [-0.2, -0.15) is 5.10 Å². The Balaban J connectivity index is 1.48. The Hall–Kier alpha value is -2.34. The van der Waals surface area contributed by atoms with Crippen molar-refractivity contribution in [3.05, 3.63) is 41.7 Å². The predicted octanol–water partition coefficient (Wildman–Crippen LogP) is 1.94. The van der Waals surface area contributed by atoms with Crippen molar-refractivity contribution in [2.24, 2.45) is 0 Å². The van der Waals surface area contributed by atoms with E-state index in [0.29, 0.717) is 5.69 Å². The number of nitrogens with zero attached hydrogens (tertiary/aromatic N) is 3. The van der Waals surface area contributed by atoms with E-state index >= 15 is 0 Å². The van der Waals surface area contributed by atoms with E-state index in [9.17, 15) is 4.79 Å². The lowest BCUT2D eigenvalue weighted by Gasteiger charge is -2.26. The van der Waals surface area contributed by atoms with Gasteiger partial charge in [0, 0.05) is 25.7 Å². The van der Waals surface area contributed by atoms with Crippen LogP contribution in [0.15, 0.2) is 30.5 Å². The van der Waals surface area contributed by atoms with Crippen LogP contribution in [-0.4, -0.2) is 40.4 Å². The summed E-state index contributed by atoms with van der Waals surface area (Å²) in [6.07, 6.45) is 6.25. The molecule has 0 aliphatic carbocycles. The topological polar surface area (TPSA) is 59.4 Å². The fraction of sp³-hybridized carbons (Fsp3) is 0.412. The van der Waals surface area contributed by atoms with E-state index in [1.165, 1.54) is 12.0 Å². The highest BCUT2D eigenvalue weighted by molar-refractivity contribution is 5.91. The number of piperidine rings is 1. The number of benzene rings is 1. The molecule has 120 valence electrons. The van der Waals surface area contributed by atoms with Gasteiger partial charge < -0.3 is 4.74 Å². The molecule has 6 heteroatoms. The fourth-order valence-corrected chi connectivity index (χ4v) is 3.11. The predicted molar refractivity (Wildman–Crippen MR) is 85.7 cm³/mol. The van der Waals surface area contributed by atoms with Gasteiger partial charge in [-0.25, -0.2) is 9.69 Å². The molecule has 23 heavy (non-hydrogen) atoms. The first-order chi connectivity index (χ1) is 11.3. The first-order valence-corrected chi connectivity index (χ1v) is 8.17. The van der Waals surface area contributed by atoms with Gasteiger partial charge in [-0.15, -0.1) is 0 Å². The van der Waals surface area contributed by atoms with Crippen LogP contribution in [0.25, 0.3) is 5.69 Å². The number of aromatic nitrogens is 2. The molecule has 0 radical (unpaired) electrons. The third-order valence-electron chi connectivity index (χ3n) is 4.38. The molecule has 1 saturated heterocycles. The van der Waals surface area contributed by atoms with Crippen LogP contribution in [0.1, 0.15) is 35.3 Å². The first kappa shape index (κ1) is 14.3. The zero-order valence-electron chi connectivity index (χ0n) is 13.0. The third kappa shape index (κ3) is 2.94. The molecule has 1 amide bonds. The summed E-state index contributed by atoms with van der Waals surface area (Å²) in [5, 5.41) is 6.39. The molecule has 1 aromatic heterocycles. The molecule has 0 saturated carbocycles. The summed E-state index contributed by atoms with van der Waals surface area (Å²) >= 11 is 0. The van der Waals surface area contributed by atoms with Crippen LogP contribution in [0.2, 0.25) is 0 Å². The average molecular weight is 312 g/mol. The van der Waals surface area contributed by atoms with E-state index in [-0.39, 0.29) is 5.91 Å². The number of carbonyl (C=O) groups excluding carboxylic acids is 1. The van der Waals surface area contributed by atoms with Gasteiger partial charge in [-0.1, -0.05) is 6.42 Å². The largest absolute Gasteiger partial charge is 0.493 e. The quantitative estimate of drug-likeness (QED) is 0.941. The molecule has 0 unspecified atom stereocenters. The number of nitrogens with one attached hydrogen (secondary N) is 1. The van der Waals surface area contributed by atoms with Crippen LogP contribution in [0.5, 0.6) is 5.75 Å². The molecular formula is C17H20N4O2. The lowest BCUT2D eigenvalue weighted by molar-refractivity contribution is 0.0744. The van der Waals surface area contributed by atoms with Gasteiger partial charge in [0.25, 0.3) is 5.91 Å². The number of carbonyl (C=O) groups is 1. The third-order valence-corrected chi connectivity index (χ3v) is 4.38. The molecule has 0 bridgehead atoms. The van der Waals surface area contributed by atoms with Gasteiger partial charge in [0.15, 0.2) is 5.69 Å². The Morgan fingerprint density at radius 1 is 1.17 bits per heavy atom. The van der Waals surface area contributed by atoms with Gasteiger partial charge in [0.1, 0.15) is 5.75 Å². The summed E-state index contributed by atoms with van der Waals surface area (Å²) in [7, 11) is 0. The molecule has 3 heterocycles. The number of hydrogen-bond acceptors (Lipinski definition) is 4. The Bertz CT molecular complexity index is 719. The molecule has 2 aliphatic rings. The maximum absolute atomic E-state index is 12.3. The molecule has 1 fully saturated rings. The Kier molecular flexibility index (Phi) is 3.75. The minimum absolute atomic E-state index is 0.143. The normalized spacial score (nSPS) is 17.6. The van der Waals surface area contributed by atoms with Gasteiger partial charge in [-0.05, 0) is 42.7 Å². The molecule has 2 aliphatic heterocycles. The van der Waals surface area contributed by atoms with Crippen molar-refractivity contribution in [3.8, 4) is 11.4 Å². The van der Waals surface area contributed by atoms with E-state index in [0.717, 1.165) is 50.4 Å². The number of ether oxygens (including phenoxy) is 1. The van der Waals surface area contributed by atoms with E-state index < -0.39 is 0 Å². The van der Waals surface area contributed by atoms with Crippen LogP contribution < -0.4 is 10.2 Å². The smallest absolute Gasteiger partial charge is 0.286 e. The zero-order chi connectivity index (χ0) is 15.6. The van der Waals surface area contributed by atoms with Crippen LogP contribution in [0.3, 0.4) is 0 Å². The summed E-state index contributed by atoms with van der Waals surface area (Å²) < 4.78 is 7.26. The van der Waals surface area contributed by atoms with Crippen LogP contribution >= 0.6 is 0 Å². The number of amides is 1. The van der Waals surface area contributed by atoms with Crippen molar-refractivity contribution in [1.29, 1.82) is 0 Å². The van der Waals surface area contributed by atoms with Crippen LogP contribution in [0.4, 0.5) is 0 Å². The summed E-state index contributed by atoms with van der Waals surface area (Å²) in [5.74, 6) is 0.805. The number of hydrazine groups is 1. The summed E-state index contributed by atoms with van der Waals surface area (Å²) in [6, 6.07) is 7.75. The number of rotatable bonds is 3.